The number of nitriles is 2. The predicted octanol–water partition coefficient (Wildman–Crippen LogP) is 4.11. The maximum Gasteiger partial charge on any atom is 0.110 e. The summed E-state index contributed by atoms with van der Waals surface area (Å²) in [5.74, 6) is 1.17. The van der Waals surface area contributed by atoms with Gasteiger partial charge < -0.3 is 0 Å². The molecule has 1 fully saturated rings. The predicted molar refractivity (Wildman–Crippen MR) is 83.8 cm³/mol. The van der Waals surface area contributed by atoms with Crippen LogP contribution in [-0.2, 0) is 0 Å². The smallest absolute Gasteiger partial charge is 0.110 e. The molecule has 1 N–H and O–H groups in total. The molecule has 2 aromatic rings. The number of hydrogen-bond acceptors (Lipinski definition) is 3. The molecule has 1 aliphatic rings. The number of H-pyrrole nitrogens is 1. The molecule has 1 aromatic heterocycles. The first-order valence-corrected chi connectivity index (χ1v) is 7.71. The van der Waals surface area contributed by atoms with Gasteiger partial charge in [0.05, 0.1) is 17.3 Å². The molecule has 4 nitrogen and oxygen atoms in total. The van der Waals surface area contributed by atoms with E-state index in [4.69, 9.17) is 5.26 Å². The maximum atomic E-state index is 9.58. The minimum atomic E-state index is 0.395. The molecule has 0 aliphatic heterocycles. The summed E-state index contributed by atoms with van der Waals surface area (Å²) in [4.78, 5) is 0. The first-order chi connectivity index (χ1) is 10.7. The van der Waals surface area contributed by atoms with Gasteiger partial charge in [0.25, 0.3) is 0 Å². The Morgan fingerprint density at radius 3 is 2.59 bits per heavy atom. The van der Waals surface area contributed by atoms with Gasteiger partial charge in [-0.05, 0) is 30.9 Å². The molecular formula is C18H18N4. The fourth-order valence-electron chi connectivity index (χ4n) is 3.26. The molecule has 0 bridgehead atoms. The number of benzene rings is 1. The van der Waals surface area contributed by atoms with Crippen LogP contribution < -0.4 is 0 Å². The van der Waals surface area contributed by atoms with Crippen molar-refractivity contribution in [2.24, 2.45) is 5.92 Å². The highest BCUT2D eigenvalue weighted by Gasteiger charge is 2.25. The average molecular weight is 290 g/mol. The van der Waals surface area contributed by atoms with Crippen LogP contribution in [0.4, 0.5) is 0 Å². The summed E-state index contributed by atoms with van der Waals surface area (Å²) in [5, 5.41) is 26.1. The normalized spacial score (nSPS) is 21.0. The number of aromatic nitrogens is 2. The van der Waals surface area contributed by atoms with Crippen LogP contribution in [0, 0.1) is 28.6 Å². The van der Waals surface area contributed by atoms with E-state index >= 15 is 0 Å². The Balaban J connectivity index is 1.97. The molecular weight excluding hydrogens is 272 g/mol. The van der Waals surface area contributed by atoms with E-state index in [9.17, 15) is 5.26 Å². The van der Waals surface area contributed by atoms with E-state index in [-0.39, 0.29) is 0 Å². The lowest BCUT2D eigenvalue weighted by atomic mass is 9.80. The van der Waals surface area contributed by atoms with E-state index in [0.29, 0.717) is 22.7 Å². The summed E-state index contributed by atoms with van der Waals surface area (Å²) >= 11 is 0. The van der Waals surface area contributed by atoms with Crippen molar-refractivity contribution in [2.45, 2.75) is 38.5 Å². The Hall–Kier alpha value is -2.59. The molecule has 0 amide bonds. The average Bonchev–Trinajstić information content (AvgIpc) is 2.99. The molecule has 1 heterocycles. The number of aromatic amines is 1. The molecule has 0 spiro atoms. The highest BCUT2D eigenvalue weighted by molar-refractivity contribution is 5.69. The second-order valence-corrected chi connectivity index (χ2v) is 6.12. The Bertz CT molecular complexity index is 752. The van der Waals surface area contributed by atoms with Crippen LogP contribution >= 0.6 is 0 Å². The molecule has 0 radical (unpaired) electrons. The molecule has 1 saturated carbocycles. The van der Waals surface area contributed by atoms with Gasteiger partial charge in [0.2, 0.25) is 0 Å². The third-order valence-electron chi connectivity index (χ3n) is 4.60. The summed E-state index contributed by atoms with van der Waals surface area (Å²) in [6.07, 6.45) is 4.62. The summed E-state index contributed by atoms with van der Waals surface area (Å²) in [6, 6.07) is 11.7. The topological polar surface area (TPSA) is 76.3 Å². The molecule has 1 aromatic carbocycles. The molecule has 0 unspecified atom stereocenters. The number of nitrogens with zero attached hydrogens (tertiary/aromatic N) is 3. The van der Waals surface area contributed by atoms with E-state index in [1.807, 2.05) is 12.1 Å². The summed E-state index contributed by atoms with van der Waals surface area (Å²) < 4.78 is 0. The van der Waals surface area contributed by atoms with Gasteiger partial charge in [-0.2, -0.15) is 15.6 Å². The van der Waals surface area contributed by atoms with Crippen LogP contribution in [0.15, 0.2) is 24.3 Å². The molecule has 110 valence electrons. The summed E-state index contributed by atoms with van der Waals surface area (Å²) in [6.45, 7) is 2.28. The van der Waals surface area contributed by atoms with Gasteiger partial charge in [-0.25, -0.2) is 0 Å². The number of nitrogens with one attached hydrogen (secondary N) is 1. The van der Waals surface area contributed by atoms with Crippen LogP contribution in [-0.4, -0.2) is 10.2 Å². The monoisotopic (exact) mass is 290 g/mol. The maximum absolute atomic E-state index is 9.58. The number of rotatable bonds is 2. The van der Waals surface area contributed by atoms with Crippen LogP contribution in [0.5, 0.6) is 0 Å². The minimum absolute atomic E-state index is 0.395. The first-order valence-electron chi connectivity index (χ1n) is 7.71. The van der Waals surface area contributed by atoms with Gasteiger partial charge in [-0.1, -0.05) is 31.9 Å². The van der Waals surface area contributed by atoms with Crippen LogP contribution in [0.25, 0.3) is 11.3 Å². The van der Waals surface area contributed by atoms with Crippen molar-refractivity contribution < 1.29 is 0 Å². The van der Waals surface area contributed by atoms with E-state index in [0.717, 1.165) is 30.0 Å². The fraction of sp³-hybridized carbons (Fsp3) is 0.389. The Morgan fingerprint density at radius 2 is 1.91 bits per heavy atom. The SMILES string of the molecule is CC1CCC(c2[nH]nc(-c3cccc(C#N)c3)c2C#N)CC1. The Labute approximate surface area is 130 Å². The van der Waals surface area contributed by atoms with Crippen LogP contribution in [0.1, 0.15) is 55.3 Å². The highest BCUT2D eigenvalue weighted by Crippen LogP contribution is 2.38. The minimum Gasteiger partial charge on any atom is -0.280 e. The van der Waals surface area contributed by atoms with Crippen molar-refractivity contribution in [3.8, 4) is 23.4 Å². The Morgan fingerprint density at radius 1 is 1.14 bits per heavy atom. The lowest BCUT2D eigenvalue weighted by Crippen LogP contribution is -2.12. The summed E-state index contributed by atoms with van der Waals surface area (Å²) in [5.41, 5.74) is 3.66. The molecule has 0 saturated heterocycles. The van der Waals surface area contributed by atoms with Gasteiger partial charge in [-0.15, -0.1) is 0 Å². The lowest BCUT2D eigenvalue weighted by molar-refractivity contribution is 0.343. The van der Waals surface area contributed by atoms with Gasteiger partial charge in [-0.3, -0.25) is 5.10 Å². The van der Waals surface area contributed by atoms with Crippen molar-refractivity contribution in [1.82, 2.24) is 10.2 Å². The molecule has 0 atom stereocenters. The van der Waals surface area contributed by atoms with Crippen molar-refractivity contribution in [3.63, 3.8) is 0 Å². The molecule has 1 aliphatic carbocycles. The van der Waals surface area contributed by atoms with Gasteiger partial charge in [0.1, 0.15) is 17.3 Å². The van der Waals surface area contributed by atoms with Crippen molar-refractivity contribution in [2.75, 3.05) is 0 Å². The standard InChI is InChI=1S/C18H18N4/c1-12-5-7-14(8-6-12)17-16(11-20)18(22-21-17)15-4-2-3-13(9-15)10-19/h2-4,9,12,14H,5-8H2,1H3,(H,21,22). The second kappa shape index (κ2) is 6.03. The fourth-order valence-corrected chi connectivity index (χ4v) is 3.26. The van der Waals surface area contributed by atoms with Crippen molar-refractivity contribution in [1.29, 1.82) is 10.5 Å². The van der Waals surface area contributed by atoms with Gasteiger partial charge in [0, 0.05) is 11.5 Å². The molecule has 4 heteroatoms. The Kier molecular flexibility index (Phi) is 3.94. The highest BCUT2D eigenvalue weighted by atomic mass is 15.1. The van der Waals surface area contributed by atoms with Crippen LogP contribution in [0.3, 0.4) is 0 Å². The summed E-state index contributed by atoms with van der Waals surface area (Å²) in [7, 11) is 0. The second-order valence-electron chi connectivity index (χ2n) is 6.12. The molecule has 22 heavy (non-hydrogen) atoms. The number of hydrogen-bond donors (Lipinski definition) is 1. The van der Waals surface area contributed by atoms with Gasteiger partial charge in [0.15, 0.2) is 0 Å². The quantitative estimate of drug-likeness (QED) is 0.904. The zero-order valence-corrected chi connectivity index (χ0v) is 12.6. The van der Waals surface area contributed by atoms with Crippen molar-refractivity contribution >= 4 is 0 Å². The van der Waals surface area contributed by atoms with Gasteiger partial charge >= 0.3 is 0 Å². The largest absolute Gasteiger partial charge is 0.280 e. The van der Waals surface area contributed by atoms with E-state index in [2.05, 4.69) is 29.3 Å². The van der Waals surface area contributed by atoms with E-state index < -0.39 is 0 Å². The third kappa shape index (κ3) is 2.61. The van der Waals surface area contributed by atoms with E-state index in [1.165, 1.54) is 12.8 Å². The lowest BCUT2D eigenvalue weighted by Gasteiger charge is -2.25. The van der Waals surface area contributed by atoms with Crippen molar-refractivity contribution in [3.05, 3.63) is 41.1 Å². The third-order valence-corrected chi connectivity index (χ3v) is 4.60. The van der Waals surface area contributed by atoms with Crippen LogP contribution in [0.2, 0.25) is 0 Å². The first kappa shape index (κ1) is 14.4. The zero-order valence-electron chi connectivity index (χ0n) is 12.6. The zero-order chi connectivity index (χ0) is 15.5. The molecule has 3 rings (SSSR count). The van der Waals surface area contributed by atoms with E-state index in [1.54, 1.807) is 12.1 Å².